The Morgan fingerprint density at radius 2 is 2.17 bits per heavy atom. The van der Waals surface area contributed by atoms with Crippen molar-refractivity contribution in [2.24, 2.45) is 0 Å². The molecule has 0 aromatic heterocycles. The zero-order valence-corrected chi connectivity index (χ0v) is 8.05. The molecule has 2 nitrogen and oxygen atoms in total. The van der Waals surface area contributed by atoms with Gasteiger partial charge in [-0.3, -0.25) is 4.79 Å². The highest BCUT2D eigenvalue weighted by Crippen LogP contribution is 1.98. The van der Waals surface area contributed by atoms with Crippen LogP contribution in [0, 0.1) is 0 Å². The van der Waals surface area contributed by atoms with Crippen LogP contribution in [0.5, 0.6) is 0 Å². The minimum atomic E-state index is -0.112. The average Bonchev–Trinajstić information content (AvgIpc) is 2.02. The van der Waals surface area contributed by atoms with E-state index in [1.807, 2.05) is 26.8 Å². The Kier molecular flexibility index (Phi) is 5.09. The van der Waals surface area contributed by atoms with Crippen molar-refractivity contribution in [3.8, 4) is 0 Å². The van der Waals surface area contributed by atoms with Crippen LogP contribution in [-0.4, -0.2) is 11.9 Å². The maximum Gasteiger partial charge on any atom is 0.243 e. The monoisotopic (exact) mass is 167 g/mol. The molecule has 1 amide bonds. The summed E-state index contributed by atoms with van der Waals surface area (Å²) in [7, 11) is 0. The molecule has 0 aliphatic heterocycles. The summed E-state index contributed by atoms with van der Waals surface area (Å²) in [5.41, 5.74) is 1.21. The van der Waals surface area contributed by atoms with Gasteiger partial charge in [0.05, 0.1) is 0 Å². The Labute approximate surface area is 74.4 Å². The molecule has 0 aliphatic carbocycles. The van der Waals surface area contributed by atoms with Crippen LogP contribution in [0.25, 0.3) is 0 Å². The van der Waals surface area contributed by atoms with Gasteiger partial charge in [-0.25, -0.2) is 0 Å². The number of amides is 1. The van der Waals surface area contributed by atoms with Crippen LogP contribution < -0.4 is 5.32 Å². The van der Waals surface area contributed by atoms with Crippen LogP contribution in [0.2, 0.25) is 0 Å². The van der Waals surface area contributed by atoms with Gasteiger partial charge in [0.2, 0.25) is 5.91 Å². The Morgan fingerprint density at radius 1 is 1.58 bits per heavy atom. The van der Waals surface area contributed by atoms with Gasteiger partial charge >= 0.3 is 0 Å². The molecule has 0 rings (SSSR count). The molecule has 0 aliphatic rings. The molecule has 0 aromatic carbocycles. The van der Waals surface area contributed by atoms with Crippen molar-refractivity contribution in [3.63, 3.8) is 0 Å². The fourth-order valence-electron chi connectivity index (χ4n) is 0.906. The number of carbonyl (C=O) groups is 1. The lowest BCUT2D eigenvalue weighted by Gasteiger charge is -2.11. The molecular formula is C10H17NO. The van der Waals surface area contributed by atoms with E-state index in [-0.39, 0.29) is 11.9 Å². The largest absolute Gasteiger partial charge is 0.346 e. The number of carbonyl (C=O) groups excluding carboxylic acids is 1. The van der Waals surface area contributed by atoms with E-state index in [0.717, 1.165) is 6.42 Å². The summed E-state index contributed by atoms with van der Waals surface area (Å²) in [6.45, 7) is 9.46. The van der Waals surface area contributed by atoms with Crippen molar-refractivity contribution >= 4 is 5.91 Å². The van der Waals surface area contributed by atoms with E-state index in [9.17, 15) is 4.79 Å². The number of nitrogens with one attached hydrogen (secondary N) is 1. The SMILES string of the molecule is C=CC(=O)NC(C=C(C)C)CC. The quantitative estimate of drug-likeness (QED) is 0.504. The van der Waals surface area contributed by atoms with Crippen LogP contribution in [0.3, 0.4) is 0 Å². The highest BCUT2D eigenvalue weighted by atomic mass is 16.1. The first-order valence-electron chi connectivity index (χ1n) is 4.18. The van der Waals surface area contributed by atoms with Crippen LogP contribution in [0.1, 0.15) is 27.2 Å². The van der Waals surface area contributed by atoms with Gasteiger partial charge in [0, 0.05) is 6.04 Å². The van der Waals surface area contributed by atoms with Gasteiger partial charge in [0.25, 0.3) is 0 Å². The minimum Gasteiger partial charge on any atom is -0.346 e. The zero-order chi connectivity index (χ0) is 9.56. The lowest BCUT2D eigenvalue weighted by atomic mass is 10.1. The second-order valence-corrected chi connectivity index (χ2v) is 2.97. The lowest BCUT2D eigenvalue weighted by molar-refractivity contribution is -0.116. The summed E-state index contributed by atoms with van der Waals surface area (Å²) in [4.78, 5) is 10.9. The molecule has 68 valence electrons. The average molecular weight is 167 g/mol. The molecule has 0 aromatic rings. The zero-order valence-electron chi connectivity index (χ0n) is 8.05. The topological polar surface area (TPSA) is 29.1 Å². The predicted molar refractivity (Wildman–Crippen MR) is 51.8 cm³/mol. The van der Waals surface area contributed by atoms with Gasteiger partial charge in [-0.05, 0) is 26.3 Å². The van der Waals surface area contributed by atoms with Crippen molar-refractivity contribution in [2.75, 3.05) is 0 Å². The van der Waals surface area contributed by atoms with Crippen LogP contribution >= 0.6 is 0 Å². The van der Waals surface area contributed by atoms with Crippen molar-refractivity contribution in [3.05, 3.63) is 24.3 Å². The highest BCUT2D eigenvalue weighted by Gasteiger charge is 2.03. The second-order valence-electron chi connectivity index (χ2n) is 2.97. The Bertz CT molecular complexity index is 190. The van der Waals surface area contributed by atoms with E-state index in [1.165, 1.54) is 11.6 Å². The maximum absolute atomic E-state index is 10.9. The number of allylic oxidation sites excluding steroid dienone is 1. The van der Waals surface area contributed by atoms with E-state index >= 15 is 0 Å². The lowest BCUT2D eigenvalue weighted by Crippen LogP contribution is -2.31. The molecular weight excluding hydrogens is 150 g/mol. The summed E-state index contributed by atoms with van der Waals surface area (Å²) < 4.78 is 0. The number of rotatable bonds is 4. The highest BCUT2D eigenvalue weighted by molar-refractivity contribution is 5.87. The van der Waals surface area contributed by atoms with E-state index in [4.69, 9.17) is 0 Å². The molecule has 2 heteroatoms. The first-order valence-corrected chi connectivity index (χ1v) is 4.18. The second kappa shape index (κ2) is 5.58. The molecule has 0 bridgehead atoms. The molecule has 0 heterocycles. The molecule has 0 saturated heterocycles. The molecule has 1 unspecified atom stereocenters. The van der Waals surface area contributed by atoms with Crippen molar-refractivity contribution < 1.29 is 4.79 Å². The number of hydrogen-bond acceptors (Lipinski definition) is 1. The standard InChI is InChI=1S/C10H17NO/c1-5-9(7-8(3)4)11-10(12)6-2/h6-7,9H,2,5H2,1,3-4H3,(H,11,12). The summed E-state index contributed by atoms with van der Waals surface area (Å²) in [5.74, 6) is -0.112. The van der Waals surface area contributed by atoms with Gasteiger partial charge in [-0.2, -0.15) is 0 Å². The third-order valence-corrected chi connectivity index (χ3v) is 1.49. The normalized spacial score (nSPS) is 11.6. The van der Waals surface area contributed by atoms with Crippen LogP contribution in [-0.2, 0) is 4.79 Å². The predicted octanol–water partition coefficient (Wildman–Crippen LogP) is 2.03. The molecule has 0 radical (unpaired) electrons. The number of hydrogen-bond donors (Lipinski definition) is 1. The van der Waals surface area contributed by atoms with E-state index in [0.29, 0.717) is 0 Å². The Hall–Kier alpha value is -1.05. The van der Waals surface area contributed by atoms with Gasteiger partial charge in [-0.1, -0.05) is 25.2 Å². The fraction of sp³-hybridized carbons (Fsp3) is 0.500. The molecule has 12 heavy (non-hydrogen) atoms. The molecule has 1 atom stereocenters. The fourth-order valence-corrected chi connectivity index (χ4v) is 0.906. The van der Waals surface area contributed by atoms with Crippen molar-refractivity contribution in [2.45, 2.75) is 33.2 Å². The van der Waals surface area contributed by atoms with E-state index in [2.05, 4.69) is 11.9 Å². The molecule has 0 saturated carbocycles. The summed E-state index contributed by atoms with van der Waals surface area (Å²) >= 11 is 0. The first kappa shape index (κ1) is 11.0. The van der Waals surface area contributed by atoms with Gasteiger partial charge in [0.15, 0.2) is 0 Å². The minimum absolute atomic E-state index is 0.112. The van der Waals surface area contributed by atoms with E-state index < -0.39 is 0 Å². The van der Waals surface area contributed by atoms with Gasteiger partial charge in [0.1, 0.15) is 0 Å². The maximum atomic E-state index is 10.9. The van der Waals surface area contributed by atoms with Gasteiger partial charge in [-0.15, -0.1) is 0 Å². The first-order chi connectivity index (χ1) is 5.60. The molecule has 1 N–H and O–H groups in total. The van der Waals surface area contributed by atoms with E-state index in [1.54, 1.807) is 0 Å². The summed E-state index contributed by atoms with van der Waals surface area (Å²) in [5, 5.41) is 2.81. The van der Waals surface area contributed by atoms with Crippen molar-refractivity contribution in [1.82, 2.24) is 5.32 Å². The smallest absolute Gasteiger partial charge is 0.243 e. The van der Waals surface area contributed by atoms with Crippen molar-refractivity contribution in [1.29, 1.82) is 0 Å². The van der Waals surface area contributed by atoms with Gasteiger partial charge < -0.3 is 5.32 Å². The third kappa shape index (κ3) is 4.72. The Balaban J connectivity index is 4.09. The molecule has 0 spiro atoms. The third-order valence-electron chi connectivity index (χ3n) is 1.49. The van der Waals surface area contributed by atoms with Crippen LogP contribution in [0.4, 0.5) is 0 Å². The summed E-state index contributed by atoms with van der Waals surface area (Å²) in [6, 6.07) is 0.139. The Morgan fingerprint density at radius 3 is 2.50 bits per heavy atom. The molecule has 0 fully saturated rings. The van der Waals surface area contributed by atoms with Crippen LogP contribution in [0.15, 0.2) is 24.3 Å². The summed E-state index contributed by atoms with van der Waals surface area (Å²) in [6.07, 6.45) is 4.24.